The van der Waals surface area contributed by atoms with Gasteiger partial charge in [0, 0.05) is 12.4 Å². The van der Waals surface area contributed by atoms with Crippen molar-refractivity contribution in [1.82, 2.24) is 9.99 Å². The van der Waals surface area contributed by atoms with Crippen LogP contribution in [0.2, 0.25) is 0 Å². The Kier molecular flexibility index (Phi) is 6.26. The molecule has 0 aliphatic carbocycles. The highest BCUT2D eigenvalue weighted by Crippen LogP contribution is 2.27. The fraction of sp³-hybridized carbons (Fsp3) is 0.0952. The summed E-state index contributed by atoms with van der Waals surface area (Å²) in [5.41, 5.74) is 4.38. The Balaban J connectivity index is 1.70. The minimum atomic E-state index is -1.08. The van der Waals surface area contributed by atoms with Crippen molar-refractivity contribution in [2.75, 3.05) is 13.7 Å². The predicted octanol–water partition coefficient (Wildman–Crippen LogP) is 2.71. The van der Waals surface area contributed by atoms with E-state index >= 15 is 0 Å². The Morgan fingerprint density at radius 3 is 2.59 bits per heavy atom. The molecule has 8 nitrogen and oxygen atoms in total. The van der Waals surface area contributed by atoms with E-state index in [1.807, 2.05) is 41.2 Å². The van der Waals surface area contributed by atoms with Crippen molar-refractivity contribution in [3.8, 4) is 17.2 Å². The molecule has 0 radical (unpaired) electrons. The number of ether oxygens (including phenoxy) is 2. The molecule has 0 spiro atoms. The van der Waals surface area contributed by atoms with Crippen LogP contribution in [0.4, 0.5) is 0 Å². The molecule has 1 aromatic heterocycles. The number of carboxylic acid groups (broad SMARTS) is 1. The highest BCUT2D eigenvalue weighted by Gasteiger charge is 2.11. The maximum atomic E-state index is 12.5. The highest BCUT2D eigenvalue weighted by molar-refractivity contribution is 5.98. The molecule has 29 heavy (non-hydrogen) atoms. The second-order valence-corrected chi connectivity index (χ2v) is 5.90. The number of hydrogen-bond donors (Lipinski definition) is 2. The number of carbonyl (C=O) groups is 2. The number of carboxylic acids is 1. The summed E-state index contributed by atoms with van der Waals surface area (Å²) >= 11 is 0. The first-order valence-electron chi connectivity index (χ1n) is 8.67. The Labute approximate surface area is 167 Å². The van der Waals surface area contributed by atoms with Crippen LogP contribution < -0.4 is 14.9 Å². The van der Waals surface area contributed by atoms with Crippen LogP contribution in [-0.4, -0.2) is 41.5 Å². The monoisotopic (exact) mass is 393 g/mol. The van der Waals surface area contributed by atoms with Crippen LogP contribution >= 0.6 is 0 Å². The summed E-state index contributed by atoms with van der Waals surface area (Å²) in [6.07, 6.45) is 5.17. The van der Waals surface area contributed by atoms with Crippen molar-refractivity contribution in [3.05, 3.63) is 78.1 Å². The maximum Gasteiger partial charge on any atom is 0.341 e. The number of methoxy groups -OCH3 is 1. The van der Waals surface area contributed by atoms with Gasteiger partial charge < -0.3 is 19.1 Å². The molecule has 2 N–H and O–H groups in total. The van der Waals surface area contributed by atoms with Crippen molar-refractivity contribution in [3.63, 3.8) is 0 Å². The average molecular weight is 393 g/mol. The van der Waals surface area contributed by atoms with E-state index in [-0.39, 0.29) is 5.91 Å². The number of amides is 1. The van der Waals surface area contributed by atoms with Crippen molar-refractivity contribution < 1.29 is 24.2 Å². The summed E-state index contributed by atoms with van der Waals surface area (Å²) in [5.74, 6) is -0.768. The molecular formula is C21H19N3O5. The molecule has 0 atom stereocenters. The summed E-state index contributed by atoms with van der Waals surface area (Å²) in [6.45, 7) is -0.472. The second-order valence-electron chi connectivity index (χ2n) is 5.90. The third-order valence-corrected chi connectivity index (χ3v) is 3.95. The number of para-hydroxylation sites is 1. The normalized spacial score (nSPS) is 10.7. The first kappa shape index (κ1) is 19.7. The molecule has 1 heterocycles. The standard InChI is InChI=1S/C21H19N3O5/c1-28-19-12-15(8-9-18(19)29-14-20(25)26)13-22-23-21(27)16-6-2-3-7-17(16)24-10-4-5-11-24/h2-13H,14H2,1H3,(H,23,27)(H,25,26)/b22-13+. The van der Waals surface area contributed by atoms with E-state index in [9.17, 15) is 9.59 Å². The van der Waals surface area contributed by atoms with Gasteiger partial charge in [0.1, 0.15) is 0 Å². The number of nitrogens with zero attached hydrogens (tertiary/aromatic N) is 2. The number of hydrazone groups is 1. The van der Waals surface area contributed by atoms with E-state index in [1.54, 1.807) is 30.3 Å². The van der Waals surface area contributed by atoms with Crippen LogP contribution in [-0.2, 0) is 4.79 Å². The topological polar surface area (TPSA) is 102 Å². The fourth-order valence-electron chi connectivity index (χ4n) is 2.63. The molecule has 0 saturated heterocycles. The van der Waals surface area contributed by atoms with Crippen molar-refractivity contribution >= 4 is 18.1 Å². The van der Waals surface area contributed by atoms with Gasteiger partial charge in [-0.3, -0.25) is 4.79 Å². The van der Waals surface area contributed by atoms with Gasteiger partial charge in [-0.2, -0.15) is 5.10 Å². The molecular weight excluding hydrogens is 374 g/mol. The largest absolute Gasteiger partial charge is 0.493 e. The molecule has 2 aromatic carbocycles. The quantitative estimate of drug-likeness (QED) is 0.453. The van der Waals surface area contributed by atoms with Crippen LogP contribution in [0.3, 0.4) is 0 Å². The van der Waals surface area contributed by atoms with Gasteiger partial charge in [0.15, 0.2) is 18.1 Å². The third-order valence-electron chi connectivity index (χ3n) is 3.95. The average Bonchev–Trinajstić information content (AvgIpc) is 3.27. The van der Waals surface area contributed by atoms with E-state index in [1.165, 1.54) is 13.3 Å². The van der Waals surface area contributed by atoms with Crippen LogP contribution in [0.25, 0.3) is 5.69 Å². The van der Waals surface area contributed by atoms with Crippen molar-refractivity contribution in [2.45, 2.75) is 0 Å². The van der Waals surface area contributed by atoms with Gasteiger partial charge in [0.25, 0.3) is 5.91 Å². The molecule has 0 aliphatic rings. The van der Waals surface area contributed by atoms with Gasteiger partial charge in [0.2, 0.25) is 0 Å². The van der Waals surface area contributed by atoms with Gasteiger partial charge in [0.05, 0.1) is 24.6 Å². The van der Waals surface area contributed by atoms with E-state index in [0.717, 1.165) is 5.69 Å². The van der Waals surface area contributed by atoms with Gasteiger partial charge >= 0.3 is 5.97 Å². The number of aromatic nitrogens is 1. The molecule has 0 unspecified atom stereocenters. The molecule has 8 heteroatoms. The summed E-state index contributed by atoms with van der Waals surface area (Å²) < 4.78 is 12.2. The van der Waals surface area contributed by atoms with E-state index in [0.29, 0.717) is 22.6 Å². The lowest BCUT2D eigenvalue weighted by Crippen LogP contribution is -2.19. The van der Waals surface area contributed by atoms with Gasteiger partial charge in [-0.1, -0.05) is 12.1 Å². The van der Waals surface area contributed by atoms with Crippen LogP contribution in [0.5, 0.6) is 11.5 Å². The Hall–Kier alpha value is -4.07. The minimum Gasteiger partial charge on any atom is -0.493 e. The number of carbonyl (C=O) groups excluding carboxylic acids is 1. The lowest BCUT2D eigenvalue weighted by atomic mass is 10.1. The zero-order valence-corrected chi connectivity index (χ0v) is 15.6. The Morgan fingerprint density at radius 1 is 1.10 bits per heavy atom. The minimum absolute atomic E-state index is 0.303. The van der Waals surface area contributed by atoms with E-state index in [4.69, 9.17) is 14.6 Å². The molecule has 0 aliphatic heterocycles. The third kappa shape index (κ3) is 5.01. The maximum absolute atomic E-state index is 12.5. The summed E-state index contributed by atoms with van der Waals surface area (Å²) in [5, 5.41) is 12.7. The number of hydrogen-bond acceptors (Lipinski definition) is 5. The summed E-state index contributed by atoms with van der Waals surface area (Å²) in [6, 6.07) is 15.8. The predicted molar refractivity (Wildman–Crippen MR) is 107 cm³/mol. The number of rotatable bonds is 8. The molecule has 1 amide bonds. The zero-order valence-electron chi connectivity index (χ0n) is 15.6. The van der Waals surface area contributed by atoms with Crippen LogP contribution in [0.15, 0.2) is 72.1 Å². The Bertz CT molecular complexity index is 1030. The van der Waals surface area contributed by atoms with Crippen LogP contribution in [0.1, 0.15) is 15.9 Å². The second kappa shape index (κ2) is 9.23. The van der Waals surface area contributed by atoms with Crippen molar-refractivity contribution in [2.24, 2.45) is 5.10 Å². The number of nitrogens with one attached hydrogen (secondary N) is 1. The number of aliphatic carboxylic acids is 1. The molecule has 0 fully saturated rings. The SMILES string of the molecule is COc1cc(/C=N/NC(=O)c2ccccc2-n2cccc2)ccc1OCC(=O)O. The fourth-order valence-corrected chi connectivity index (χ4v) is 2.63. The molecule has 148 valence electrons. The van der Waals surface area contributed by atoms with Gasteiger partial charge in [-0.15, -0.1) is 0 Å². The van der Waals surface area contributed by atoms with E-state index in [2.05, 4.69) is 10.5 Å². The zero-order chi connectivity index (χ0) is 20.6. The van der Waals surface area contributed by atoms with Gasteiger partial charge in [-0.05, 0) is 48.0 Å². The highest BCUT2D eigenvalue weighted by atomic mass is 16.5. The first-order valence-corrected chi connectivity index (χ1v) is 8.67. The summed E-state index contributed by atoms with van der Waals surface area (Å²) in [4.78, 5) is 23.2. The van der Waals surface area contributed by atoms with Crippen molar-refractivity contribution in [1.29, 1.82) is 0 Å². The first-order chi connectivity index (χ1) is 14.1. The van der Waals surface area contributed by atoms with Gasteiger partial charge in [-0.25, -0.2) is 10.2 Å². The molecule has 0 bridgehead atoms. The molecule has 3 aromatic rings. The molecule has 0 saturated carbocycles. The van der Waals surface area contributed by atoms with Crippen LogP contribution in [0, 0.1) is 0 Å². The molecule has 3 rings (SSSR count). The van der Waals surface area contributed by atoms with E-state index < -0.39 is 12.6 Å². The Morgan fingerprint density at radius 2 is 1.86 bits per heavy atom. The lowest BCUT2D eigenvalue weighted by Gasteiger charge is -2.10. The summed E-state index contributed by atoms with van der Waals surface area (Å²) in [7, 11) is 1.45. The lowest BCUT2D eigenvalue weighted by molar-refractivity contribution is -0.139. The smallest absolute Gasteiger partial charge is 0.341 e. The number of benzene rings is 2.